The fraction of sp³-hybridized carbons (Fsp3) is 0.509. The maximum Gasteiger partial charge on any atom is 0.407 e. The van der Waals surface area contributed by atoms with Gasteiger partial charge in [-0.1, -0.05) is 68.8 Å². The van der Waals surface area contributed by atoms with Crippen LogP contribution < -0.4 is 16.0 Å². The lowest BCUT2D eigenvalue weighted by Gasteiger charge is -2.37. The molecule has 5 N–H and O–H groups in total. The van der Waals surface area contributed by atoms with Crippen LogP contribution in [0.25, 0.3) is 44.4 Å². The van der Waals surface area contributed by atoms with Crippen molar-refractivity contribution in [3.8, 4) is 33.6 Å². The third kappa shape index (κ3) is 11.1. The number of rotatable bonds is 15. The molecular formula is C53H62F4N8O6. The maximum atomic E-state index is 14.3. The van der Waals surface area contributed by atoms with Gasteiger partial charge in [-0.2, -0.15) is 0 Å². The van der Waals surface area contributed by atoms with Gasteiger partial charge in [-0.05, 0) is 108 Å². The number of H-pyrrole nitrogens is 2. The number of alkyl carbamates (subject to hydrolysis) is 2. The molecule has 4 aliphatic rings. The average Bonchev–Trinajstić information content (AvgIpc) is 3.70. The second-order valence-electron chi connectivity index (χ2n) is 20.2. The molecule has 0 radical (unpaired) electrons. The number of methoxy groups -OCH3 is 2. The highest BCUT2D eigenvalue weighted by molar-refractivity contribution is 5.91. The van der Waals surface area contributed by atoms with Crippen LogP contribution in [-0.2, 0) is 19.1 Å². The van der Waals surface area contributed by atoms with E-state index in [1.807, 2.05) is 35.2 Å². The molecule has 3 aromatic carbocycles. The van der Waals surface area contributed by atoms with Crippen molar-refractivity contribution in [3.63, 3.8) is 0 Å². The van der Waals surface area contributed by atoms with E-state index in [1.165, 1.54) is 14.2 Å². The zero-order chi connectivity index (χ0) is 50.2. The van der Waals surface area contributed by atoms with Crippen LogP contribution in [-0.4, -0.2) is 93.0 Å². The van der Waals surface area contributed by atoms with E-state index < -0.39 is 59.9 Å². The minimum atomic E-state index is -2.79. The number of nitrogens with zero attached hydrogens (tertiary/aromatic N) is 3. The molecule has 4 amide bonds. The van der Waals surface area contributed by atoms with Crippen LogP contribution in [0.3, 0.4) is 0 Å². The first-order valence-electron chi connectivity index (χ1n) is 24.8. The molecule has 0 bridgehead atoms. The summed E-state index contributed by atoms with van der Waals surface area (Å²) in [6.45, 7) is 4.14. The number of ether oxygens (including phenoxy) is 2. The van der Waals surface area contributed by atoms with Gasteiger partial charge in [-0.25, -0.2) is 37.1 Å². The Morgan fingerprint density at radius 1 is 0.704 bits per heavy atom. The van der Waals surface area contributed by atoms with Crippen LogP contribution in [0.15, 0.2) is 73.1 Å². The number of aromatic amines is 2. The number of likely N-dealkylation sites (tertiary alicyclic amines) is 1. The number of nitrogens with one attached hydrogen (secondary N) is 5. The molecule has 5 aromatic rings. The van der Waals surface area contributed by atoms with Crippen molar-refractivity contribution in [2.75, 3.05) is 14.2 Å². The van der Waals surface area contributed by atoms with Crippen molar-refractivity contribution >= 4 is 34.8 Å². The van der Waals surface area contributed by atoms with Gasteiger partial charge < -0.3 is 40.3 Å². The van der Waals surface area contributed by atoms with Gasteiger partial charge >= 0.3 is 12.2 Å². The molecule has 3 aliphatic carbocycles. The van der Waals surface area contributed by atoms with E-state index in [4.69, 9.17) is 14.5 Å². The van der Waals surface area contributed by atoms with Crippen LogP contribution in [0.1, 0.15) is 115 Å². The topological polar surface area (TPSA) is 183 Å². The van der Waals surface area contributed by atoms with Crippen molar-refractivity contribution in [1.29, 1.82) is 0 Å². The Labute approximate surface area is 409 Å². The van der Waals surface area contributed by atoms with Gasteiger partial charge in [0.1, 0.15) is 23.7 Å². The maximum absolute atomic E-state index is 14.3. The Morgan fingerprint density at radius 3 is 1.86 bits per heavy atom. The molecule has 0 spiro atoms. The van der Waals surface area contributed by atoms with Crippen molar-refractivity contribution in [2.45, 2.75) is 133 Å². The number of fused-ring (bicyclic) bond motifs is 2. The molecule has 71 heavy (non-hydrogen) atoms. The van der Waals surface area contributed by atoms with E-state index in [2.05, 4.69) is 75.1 Å². The summed E-state index contributed by atoms with van der Waals surface area (Å²) in [6, 6.07) is 17.6. The minimum Gasteiger partial charge on any atom is -0.453 e. The molecule has 378 valence electrons. The summed E-state index contributed by atoms with van der Waals surface area (Å²) in [4.78, 5) is 71.0. The molecule has 7 atom stereocenters. The highest BCUT2D eigenvalue weighted by atomic mass is 19.3. The van der Waals surface area contributed by atoms with E-state index in [1.54, 1.807) is 12.4 Å². The fourth-order valence-corrected chi connectivity index (χ4v) is 10.9. The number of amides is 4. The number of hydrogen-bond donors (Lipinski definition) is 5. The van der Waals surface area contributed by atoms with Crippen LogP contribution in [0.4, 0.5) is 27.2 Å². The van der Waals surface area contributed by atoms with Crippen molar-refractivity contribution in [1.82, 2.24) is 40.8 Å². The van der Waals surface area contributed by atoms with Crippen LogP contribution in [0.2, 0.25) is 0 Å². The highest BCUT2D eigenvalue weighted by Gasteiger charge is 2.57. The Balaban J connectivity index is 0.872. The summed E-state index contributed by atoms with van der Waals surface area (Å²) in [5, 5.41) is 10.4. The fourth-order valence-electron chi connectivity index (χ4n) is 10.9. The Kier molecular flexibility index (Phi) is 14.2. The number of carbonyl (C=O) groups is 4. The van der Waals surface area contributed by atoms with Crippen LogP contribution in [0.5, 0.6) is 0 Å². The summed E-state index contributed by atoms with van der Waals surface area (Å²) in [7, 11) is 2.42. The third-order valence-corrected chi connectivity index (χ3v) is 15.5. The second-order valence-corrected chi connectivity index (χ2v) is 20.2. The minimum absolute atomic E-state index is 0.00595. The smallest absolute Gasteiger partial charge is 0.407 e. The SMILES string of the molecule is CCC(C)C[C@H](NC(=O)[C@@H](NC(=O)OC)C1CCC(F)(F)CC1)c1ncc(-c2ccc(-c3ccc4cc(-c5cnc([C@@H]6C[C@H]7C[C@H]7N6C(=O)[C@@H](NC(=O)OC)C6CCC(F)(F)CC6)[nH]5)ccc4c3)cc2)[nH]1. The van der Waals surface area contributed by atoms with E-state index >= 15 is 0 Å². The molecule has 2 aromatic heterocycles. The lowest BCUT2D eigenvalue weighted by atomic mass is 9.81. The molecule has 1 aliphatic heterocycles. The molecule has 9 rings (SSSR count). The predicted molar refractivity (Wildman–Crippen MR) is 258 cm³/mol. The first-order valence-corrected chi connectivity index (χ1v) is 24.8. The predicted octanol–water partition coefficient (Wildman–Crippen LogP) is 10.6. The second kappa shape index (κ2) is 20.3. The van der Waals surface area contributed by atoms with Crippen LogP contribution in [0, 0.1) is 23.7 Å². The zero-order valence-electron chi connectivity index (χ0n) is 40.4. The number of piperidine rings is 1. The molecule has 1 saturated heterocycles. The van der Waals surface area contributed by atoms with Crippen LogP contribution >= 0.6 is 0 Å². The van der Waals surface area contributed by atoms with Gasteiger partial charge in [0.15, 0.2) is 0 Å². The lowest BCUT2D eigenvalue weighted by molar-refractivity contribution is -0.138. The molecule has 14 nitrogen and oxygen atoms in total. The first kappa shape index (κ1) is 49.5. The summed E-state index contributed by atoms with van der Waals surface area (Å²) < 4.78 is 65.9. The third-order valence-electron chi connectivity index (χ3n) is 15.5. The number of carbonyl (C=O) groups excluding carboxylic acids is 4. The van der Waals surface area contributed by atoms with Gasteiger partial charge in [-0.15, -0.1) is 0 Å². The summed E-state index contributed by atoms with van der Waals surface area (Å²) in [5.74, 6) is -5.52. The number of hydrogen-bond acceptors (Lipinski definition) is 8. The van der Waals surface area contributed by atoms with E-state index in [9.17, 15) is 36.7 Å². The number of halogens is 4. The van der Waals surface area contributed by atoms with Gasteiger partial charge in [0.25, 0.3) is 0 Å². The number of alkyl halides is 4. The zero-order valence-corrected chi connectivity index (χ0v) is 40.4. The largest absolute Gasteiger partial charge is 0.453 e. The van der Waals surface area contributed by atoms with E-state index in [0.29, 0.717) is 24.0 Å². The molecular weight excluding hydrogens is 921 g/mol. The molecule has 3 heterocycles. The molecule has 4 fully saturated rings. The summed E-state index contributed by atoms with van der Waals surface area (Å²) >= 11 is 0. The van der Waals surface area contributed by atoms with Crippen molar-refractivity contribution in [3.05, 3.63) is 84.7 Å². The van der Waals surface area contributed by atoms with Crippen molar-refractivity contribution in [2.24, 2.45) is 23.7 Å². The van der Waals surface area contributed by atoms with Gasteiger partial charge in [0, 0.05) is 37.3 Å². The summed E-state index contributed by atoms with van der Waals surface area (Å²) in [6.07, 6.45) is 3.98. The number of aromatic nitrogens is 4. The Morgan fingerprint density at radius 2 is 1.24 bits per heavy atom. The molecule has 3 saturated carbocycles. The lowest BCUT2D eigenvalue weighted by Crippen LogP contribution is -2.54. The van der Waals surface area contributed by atoms with E-state index in [-0.39, 0.29) is 75.3 Å². The molecule has 18 heteroatoms. The Bertz CT molecular complexity index is 2730. The Hall–Kier alpha value is -6.46. The quantitative estimate of drug-likeness (QED) is 0.0642. The molecule has 1 unspecified atom stereocenters. The number of benzene rings is 3. The average molecular weight is 983 g/mol. The van der Waals surface area contributed by atoms with E-state index in [0.717, 1.165) is 63.7 Å². The van der Waals surface area contributed by atoms with Gasteiger partial charge in [-0.3, -0.25) is 9.59 Å². The highest BCUT2D eigenvalue weighted by Crippen LogP contribution is 2.54. The normalized spacial score (nSPS) is 22.4. The van der Waals surface area contributed by atoms with Crippen molar-refractivity contribution < 1.29 is 46.2 Å². The monoisotopic (exact) mass is 982 g/mol. The number of imidazole rings is 2. The standard InChI is InChI=1S/C53H62F4N8O6/c1-5-29(2)22-39(62-48(66)44(63-50(68)70-3)32-14-18-52(54,55)19-15-32)46-58-27-40(60-46)31-8-6-30(7-9-31)34-10-11-36-24-37(13-12-35(36)23-34)41-28-59-47(61-41)43-26-38-25-42(38)65(43)49(67)45(64-51(69)71-4)33-16-20-53(56,57)21-17-33/h6-13,23-24,27-29,32-33,38-39,42-45H,5,14-22,25-26H2,1-4H3,(H,58,60)(H,59,61)(H,62,66)(H,63,68)(H,64,69)/t29?,38-,39+,42-,43+,44+,45+/m1/s1. The summed E-state index contributed by atoms with van der Waals surface area (Å²) in [5.41, 5.74) is 5.36. The first-order chi connectivity index (χ1) is 34.0. The van der Waals surface area contributed by atoms with Gasteiger partial charge in [0.2, 0.25) is 23.7 Å². The van der Waals surface area contributed by atoms with Gasteiger partial charge in [0.05, 0.1) is 50.1 Å².